The number of allylic oxidation sites excluding steroid dienone is 1. The molecule has 2 aromatic rings. The van der Waals surface area contributed by atoms with E-state index in [1.165, 1.54) is 13.0 Å². The molecule has 2 rings (SSSR count). The van der Waals surface area contributed by atoms with E-state index in [1.54, 1.807) is 36.4 Å². The van der Waals surface area contributed by atoms with Gasteiger partial charge in [0.1, 0.15) is 0 Å². The minimum atomic E-state index is -2.15. The zero-order chi connectivity index (χ0) is 15.6. The summed E-state index contributed by atoms with van der Waals surface area (Å²) in [6, 6.07) is 8.83. The van der Waals surface area contributed by atoms with Crippen LogP contribution in [-0.4, -0.2) is 0 Å². The molecule has 0 spiro atoms. The quantitative estimate of drug-likeness (QED) is 0.415. The zero-order valence-corrected chi connectivity index (χ0v) is 11.0. The van der Waals surface area contributed by atoms with E-state index < -0.39 is 40.6 Å². The van der Waals surface area contributed by atoms with Crippen molar-refractivity contribution in [3.05, 3.63) is 76.6 Å². The summed E-state index contributed by atoms with van der Waals surface area (Å²) in [6.07, 6.45) is 2.94. The van der Waals surface area contributed by atoms with E-state index in [1.807, 2.05) is 0 Å². The predicted octanol–water partition coefficient (Wildman–Crippen LogP) is 5.20. The lowest BCUT2D eigenvalue weighted by molar-refractivity contribution is 0.368. The Balaban J connectivity index is 2.40. The van der Waals surface area contributed by atoms with Crippen LogP contribution >= 0.6 is 0 Å². The van der Waals surface area contributed by atoms with Crippen molar-refractivity contribution in [2.45, 2.75) is 12.8 Å². The molecule has 0 amide bonds. The molecule has 0 radical (unpaired) electrons. The summed E-state index contributed by atoms with van der Waals surface area (Å²) in [7, 11) is 0. The average molecular weight is 298 g/mol. The number of rotatable bonds is 3. The fourth-order valence-corrected chi connectivity index (χ4v) is 1.94. The number of benzene rings is 2. The van der Waals surface area contributed by atoms with Gasteiger partial charge in [-0.1, -0.05) is 49.4 Å². The van der Waals surface area contributed by atoms with Crippen LogP contribution in [0.15, 0.2) is 36.4 Å². The Kier molecular flexibility index (Phi) is 4.40. The second-order valence-corrected chi connectivity index (χ2v) is 4.54. The highest BCUT2D eigenvalue weighted by atomic mass is 19.2. The third-order valence-electron chi connectivity index (χ3n) is 3.08. The first-order valence-electron chi connectivity index (χ1n) is 6.18. The lowest BCUT2D eigenvalue weighted by atomic mass is 9.97. The molecule has 0 nitrogen and oxygen atoms in total. The first-order chi connectivity index (χ1) is 9.93. The maximum Gasteiger partial charge on any atom is 0.200 e. The van der Waals surface area contributed by atoms with Crippen molar-refractivity contribution in [1.82, 2.24) is 0 Å². The van der Waals surface area contributed by atoms with Crippen molar-refractivity contribution in [2.24, 2.45) is 0 Å². The third-order valence-corrected chi connectivity index (χ3v) is 3.08. The molecule has 110 valence electrons. The standard InChI is InChI=1S/C16H11F5/c1-9(7-8-10-5-3-2-4-6-10)11-12(17)14(19)16(21)15(20)13(11)18/h2-9H,1H3/b8-7+. The molecule has 2 aromatic carbocycles. The van der Waals surface area contributed by atoms with Gasteiger partial charge in [0.25, 0.3) is 0 Å². The summed E-state index contributed by atoms with van der Waals surface area (Å²) in [5, 5.41) is 0. The van der Waals surface area contributed by atoms with E-state index in [2.05, 4.69) is 0 Å². The first kappa shape index (κ1) is 15.2. The molecule has 0 saturated carbocycles. The summed E-state index contributed by atoms with van der Waals surface area (Å²) >= 11 is 0. The highest BCUT2D eigenvalue weighted by molar-refractivity contribution is 5.50. The van der Waals surface area contributed by atoms with Gasteiger partial charge in [-0.3, -0.25) is 0 Å². The van der Waals surface area contributed by atoms with E-state index in [0.29, 0.717) is 0 Å². The van der Waals surface area contributed by atoms with Gasteiger partial charge in [0.2, 0.25) is 5.82 Å². The second kappa shape index (κ2) is 6.08. The molecule has 0 heterocycles. The van der Waals surface area contributed by atoms with Gasteiger partial charge in [0, 0.05) is 11.5 Å². The molecule has 0 aromatic heterocycles. The van der Waals surface area contributed by atoms with E-state index in [9.17, 15) is 22.0 Å². The molecule has 0 aliphatic carbocycles. The van der Waals surface area contributed by atoms with Crippen molar-refractivity contribution in [3.8, 4) is 0 Å². The highest BCUT2D eigenvalue weighted by Gasteiger charge is 2.27. The second-order valence-electron chi connectivity index (χ2n) is 4.54. The van der Waals surface area contributed by atoms with Gasteiger partial charge in [0.05, 0.1) is 0 Å². The minimum Gasteiger partial charge on any atom is -0.203 e. The molecule has 0 bridgehead atoms. The molecule has 21 heavy (non-hydrogen) atoms. The summed E-state index contributed by atoms with van der Waals surface area (Å²) in [5.74, 6) is -10.6. The van der Waals surface area contributed by atoms with E-state index in [0.717, 1.165) is 5.56 Å². The molecule has 0 N–H and O–H groups in total. The van der Waals surface area contributed by atoms with Gasteiger partial charge in [-0.2, -0.15) is 0 Å². The van der Waals surface area contributed by atoms with Gasteiger partial charge in [-0.05, 0) is 5.56 Å². The summed E-state index contributed by atoms with van der Waals surface area (Å²) in [5.41, 5.74) is -0.0770. The van der Waals surface area contributed by atoms with Crippen molar-refractivity contribution in [2.75, 3.05) is 0 Å². The van der Waals surface area contributed by atoms with Gasteiger partial charge in [-0.25, -0.2) is 22.0 Å². The van der Waals surface area contributed by atoms with Gasteiger partial charge in [-0.15, -0.1) is 0 Å². The van der Waals surface area contributed by atoms with Crippen molar-refractivity contribution < 1.29 is 22.0 Å². The molecule has 0 saturated heterocycles. The van der Waals surface area contributed by atoms with Crippen molar-refractivity contribution >= 4 is 6.08 Å². The van der Waals surface area contributed by atoms with Crippen LogP contribution < -0.4 is 0 Å². The molecule has 1 unspecified atom stereocenters. The monoisotopic (exact) mass is 298 g/mol. The molecule has 0 aliphatic rings. The zero-order valence-electron chi connectivity index (χ0n) is 11.0. The maximum absolute atomic E-state index is 13.6. The Morgan fingerprint density at radius 2 is 1.24 bits per heavy atom. The van der Waals surface area contributed by atoms with Crippen molar-refractivity contribution in [3.63, 3.8) is 0 Å². The van der Waals surface area contributed by atoms with E-state index in [4.69, 9.17) is 0 Å². The fraction of sp³-hybridized carbons (Fsp3) is 0.125. The lowest BCUT2D eigenvalue weighted by Crippen LogP contribution is -2.08. The molecular formula is C16H11F5. The molecule has 0 aliphatic heterocycles. The molecule has 5 heteroatoms. The smallest absolute Gasteiger partial charge is 0.200 e. The number of hydrogen-bond donors (Lipinski definition) is 0. The number of halogens is 5. The SMILES string of the molecule is CC(/C=C/c1ccccc1)c1c(F)c(F)c(F)c(F)c1F. The molecule has 0 fully saturated rings. The summed E-state index contributed by atoms with van der Waals surface area (Å²) in [6.45, 7) is 1.36. The largest absolute Gasteiger partial charge is 0.203 e. The topological polar surface area (TPSA) is 0 Å². The van der Waals surface area contributed by atoms with Crippen LogP contribution in [0.1, 0.15) is 24.0 Å². The maximum atomic E-state index is 13.6. The Morgan fingerprint density at radius 3 is 1.76 bits per heavy atom. The lowest BCUT2D eigenvalue weighted by Gasteiger charge is -2.12. The summed E-state index contributed by atoms with van der Waals surface area (Å²) in [4.78, 5) is 0. The van der Waals surface area contributed by atoms with Gasteiger partial charge < -0.3 is 0 Å². The van der Waals surface area contributed by atoms with Crippen LogP contribution in [0.2, 0.25) is 0 Å². The van der Waals surface area contributed by atoms with Gasteiger partial charge >= 0.3 is 0 Å². The predicted molar refractivity (Wildman–Crippen MR) is 70.1 cm³/mol. The Morgan fingerprint density at radius 1 is 0.762 bits per heavy atom. The normalized spacial score (nSPS) is 12.9. The minimum absolute atomic E-state index is 0.758. The first-order valence-corrected chi connectivity index (χ1v) is 6.18. The van der Waals surface area contributed by atoms with E-state index in [-0.39, 0.29) is 0 Å². The van der Waals surface area contributed by atoms with Crippen LogP contribution in [0.25, 0.3) is 6.08 Å². The number of hydrogen-bond acceptors (Lipinski definition) is 0. The third kappa shape index (κ3) is 2.96. The Labute approximate surface area is 118 Å². The van der Waals surface area contributed by atoms with Crippen LogP contribution in [0, 0.1) is 29.1 Å². The Bertz CT molecular complexity index is 648. The Hall–Kier alpha value is -2.17. The highest BCUT2D eigenvalue weighted by Crippen LogP contribution is 2.29. The van der Waals surface area contributed by atoms with Crippen molar-refractivity contribution in [1.29, 1.82) is 0 Å². The molecule has 1 atom stereocenters. The average Bonchev–Trinajstić information content (AvgIpc) is 2.50. The molecular weight excluding hydrogens is 287 g/mol. The van der Waals surface area contributed by atoms with Crippen LogP contribution in [0.5, 0.6) is 0 Å². The summed E-state index contributed by atoms with van der Waals surface area (Å²) < 4.78 is 66.5. The van der Waals surface area contributed by atoms with Crippen LogP contribution in [0.3, 0.4) is 0 Å². The van der Waals surface area contributed by atoms with Gasteiger partial charge in [0.15, 0.2) is 23.3 Å². The van der Waals surface area contributed by atoms with Crippen LogP contribution in [0.4, 0.5) is 22.0 Å². The van der Waals surface area contributed by atoms with E-state index >= 15 is 0 Å². The van der Waals surface area contributed by atoms with Crippen LogP contribution in [-0.2, 0) is 0 Å². The fourth-order valence-electron chi connectivity index (χ4n) is 1.94.